The molecule has 2 aliphatic carbocycles. The summed E-state index contributed by atoms with van der Waals surface area (Å²) in [6.07, 6.45) is 5.86. The van der Waals surface area contributed by atoms with E-state index in [1.54, 1.807) is 0 Å². The van der Waals surface area contributed by atoms with E-state index in [0.717, 1.165) is 0 Å². The Kier molecular flexibility index (Phi) is 3.00. The van der Waals surface area contributed by atoms with E-state index in [2.05, 4.69) is 55.5 Å². The highest BCUT2D eigenvalue weighted by atomic mass is 15.4. The largest absolute Gasteiger partial charge is 0.303 e. The molecule has 4 rings (SSSR count). The fraction of sp³-hybridized carbons (Fsp3) is 0.632. The number of hydrogen-bond donors (Lipinski definition) is 0. The van der Waals surface area contributed by atoms with Crippen LogP contribution in [0.3, 0.4) is 0 Å². The van der Waals surface area contributed by atoms with Gasteiger partial charge >= 0.3 is 0 Å². The van der Waals surface area contributed by atoms with Crippen LogP contribution in [0.1, 0.15) is 38.7 Å². The number of fused-ring (bicyclic) bond motifs is 5. The van der Waals surface area contributed by atoms with Crippen molar-refractivity contribution in [3.05, 3.63) is 35.9 Å². The third-order valence-corrected chi connectivity index (χ3v) is 6.64. The Bertz CT molecular complexity index is 663. The molecule has 2 fully saturated rings. The number of hydrogen-bond acceptors (Lipinski definition) is 4. The van der Waals surface area contributed by atoms with E-state index in [-0.39, 0.29) is 16.5 Å². The van der Waals surface area contributed by atoms with Gasteiger partial charge in [0, 0.05) is 19.5 Å². The molecule has 4 atom stereocenters. The molecule has 4 heteroatoms. The fourth-order valence-electron chi connectivity index (χ4n) is 5.59. The molecule has 4 nitrogen and oxygen atoms in total. The highest BCUT2D eigenvalue weighted by Crippen LogP contribution is 2.73. The zero-order chi connectivity index (χ0) is 16.3. The maximum absolute atomic E-state index is 4.97. The molecule has 2 saturated carbocycles. The van der Waals surface area contributed by atoms with Gasteiger partial charge in [-0.1, -0.05) is 50.6 Å². The van der Waals surface area contributed by atoms with Gasteiger partial charge in [-0.05, 0) is 30.2 Å². The topological polar surface area (TPSA) is 40.3 Å². The minimum Gasteiger partial charge on any atom is -0.303 e. The Morgan fingerprint density at radius 3 is 2.48 bits per heavy atom. The van der Waals surface area contributed by atoms with Crippen LogP contribution in [0.25, 0.3) is 0 Å². The van der Waals surface area contributed by atoms with Crippen molar-refractivity contribution in [1.29, 1.82) is 0 Å². The summed E-state index contributed by atoms with van der Waals surface area (Å²) in [6, 6.07) is 10.8. The summed E-state index contributed by atoms with van der Waals surface area (Å²) in [7, 11) is 3.94. The second-order valence-electron chi connectivity index (χ2n) is 8.02. The van der Waals surface area contributed by atoms with E-state index >= 15 is 0 Å². The number of rotatable bonds is 3. The van der Waals surface area contributed by atoms with Gasteiger partial charge in [-0.3, -0.25) is 0 Å². The highest BCUT2D eigenvalue weighted by Gasteiger charge is 2.77. The molecule has 0 unspecified atom stereocenters. The summed E-state index contributed by atoms with van der Waals surface area (Å²) in [4.78, 5) is 0. The van der Waals surface area contributed by atoms with Crippen LogP contribution in [-0.4, -0.2) is 30.9 Å². The van der Waals surface area contributed by atoms with Crippen LogP contribution in [0.5, 0.6) is 0 Å². The van der Waals surface area contributed by atoms with Gasteiger partial charge < -0.3 is 5.01 Å². The van der Waals surface area contributed by atoms with Gasteiger partial charge in [0.15, 0.2) is 0 Å². The van der Waals surface area contributed by atoms with Crippen molar-refractivity contribution in [2.24, 2.45) is 32.6 Å². The summed E-state index contributed by atoms with van der Waals surface area (Å²) in [5.41, 5.74) is 0.793. The summed E-state index contributed by atoms with van der Waals surface area (Å²) in [5.74, 6) is 1.13. The zero-order valence-corrected chi connectivity index (χ0v) is 14.5. The van der Waals surface area contributed by atoms with Gasteiger partial charge in [-0.2, -0.15) is 15.3 Å². The van der Waals surface area contributed by atoms with Crippen LogP contribution >= 0.6 is 0 Å². The zero-order valence-electron chi connectivity index (χ0n) is 14.5. The number of azo groups is 1. The molecule has 2 bridgehead atoms. The van der Waals surface area contributed by atoms with Crippen molar-refractivity contribution >= 4 is 6.21 Å². The molecule has 1 heterocycles. The van der Waals surface area contributed by atoms with Crippen LogP contribution < -0.4 is 0 Å². The molecule has 0 aromatic heterocycles. The Labute approximate surface area is 138 Å². The molecular weight excluding hydrogens is 284 g/mol. The van der Waals surface area contributed by atoms with Crippen molar-refractivity contribution in [3.63, 3.8) is 0 Å². The monoisotopic (exact) mass is 310 g/mol. The average molecular weight is 310 g/mol. The van der Waals surface area contributed by atoms with Gasteiger partial charge in [0.05, 0.1) is 6.21 Å². The van der Waals surface area contributed by atoms with Gasteiger partial charge in [-0.25, -0.2) is 0 Å². The molecule has 0 saturated heterocycles. The minimum atomic E-state index is -0.270. The third kappa shape index (κ3) is 1.59. The first kappa shape index (κ1) is 14.9. The molecular formula is C19H26N4. The minimum absolute atomic E-state index is 0.0589. The standard InChI is InChI=1S/C19H26N4/c1-17(2)18(13-20-23(3)4)15-11-8-12-16(15)19(17,22-21-18)14-9-6-5-7-10-14/h5-7,9-10,13,15-16H,8,11-12H2,1-4H3/b20-13+/t15-,16+,18-,19+/m1/s1. The van der Waals surface area contributed by atoms with Gasteiger partial charge in [0.2, 0.25) is 0 Å². The molecule has 122 valence electrons. The molecule has 1 aromatic carbocycles. The number of nitrogens with zero attached hydrogens (tertiary/aromatic N) is 4. The van der Waals surface area contributed by atoms with Crippen LogP contribution in [0.15, 0.2) is 45.7 Å². The van der Waals surface area contributed by atoms with E-state index in [0.29, 0.717) is 11.8 Å². The first-order valence-electron chi connectivity index (χ1n) is 8.68. The number of benzene rings is 1. The second-order valence-corrected chi connectivity index (χ2v) is 8.02. The van der Waals surface area contributed by atoms with Crippen LogP contribution in [0.2, 0.25) is 0 Å². The van der Waals surface area contributed by atoms with Crippen LogP contribution in [0.4, 0.5) is 0 Å². The van der Waals surface area contributed by atoms with Crippen molar-refractivity contribution in [3.8, 4) is 0 Å². The lowest BCUT2D eigenvalue weighted by atomic mass is 9.63. The van der Waals surface area contributed by atoms with Crippen LogP contribution in [0, 0.1) is 17.3 Å². The maximum Gasteiger partial charge on any atom is 0.129 e. The molecule has 1 aromatic rings. The van der Waals surface area contributed by atoms with E-state index in [1.165, 1.54) is 24.8 Å². The summed E-state index contributed by atoms with van der Waals surface area (Å²) in [5, 5.41) is 16.3. The SMILES string of the molecule is CN(C)/N=C/[C@@]12N=N[C@@](c3ccccc3)([C@H]3CCC[C@H]31)C2(C)C. The molecule has 0 N–H and O–H groups in total. The van der Waals surface area contributed by atoms with Gasteiger partial charge in [-0.15, -0.1) is 0 Å². The predicted octanol–water partition coefficient (Wildman–Crippen LogP) is 4.09. The second kappa shape index (κ2) is 4.65. The normalized spacial score (nSPS) is 40.0. The summed E-state index contributed by atoms with van der Waals surface area (Å²) < 4.78 is 0. The van der Waals surface area contributed by atoms with Crippen LogP contribution in [-0.2, 0) is 5.54 Å². The average Bonchev–Trinajstić information content (AvgIpc) is 3.14. The van der Waals surface area contributed by atoms with Crippen molar-refractivity contribution < 1.29 is 0 Å². The molecule has 23 heavy (non-hydrogen) atoms. The van der Waals surface area contributed by atoms with Crippen molar-refractivity contribution in [1.82, 2.24) is 5.01 Å². The maximum atomic E-state index is 4.97. The Hall–Kier alpha value is -1.71. The van der Waals surface area contributed by atoms with Crippen molar-refractivity contribution in [2.45, 2.75) is 44.2 Å². The molecule has 0 amide bonds. The van der Waals surface area contributed by atoms with Gasteiger partial charge in [0.25, 0.3) is 0 Å². The van der Waals surface area contributed by atoms with E-state index in [4.69, 9.17) is 10.2 Å². The summed E-state index contributed by atoms with van der Waals surface area (Å²) >= 11 is 0. The molecule has 3 aliphatic rings. The molecule has 0 radical (unpaired) electrons. The third-order valence-electron chi connectivity index (χ3n) is 6.64. The Balaban J connectivity index is 1.91. The first-order valence-corrected chi connectivity index (χ1v) is 8.68. The summed E-state index contributed by atoms with van der Waals surface area (Å²) in [6.45, 7) is 4.69. The lowest BCUT2D eigenvalue weighted by Gasteiger charge is -2.40. The van der Waals surface area contributed by atoms with Crippen molar-refractivity contribution in [2.75, 3.05) is 14.1 Å². The van der Waals surface area contributed by atoms with E-state index in [1.807, 2.05) is 19.1 Å². The number of hydrazone groups is 1. The molecule has 0 spiro atoms. The smallest absolute Gasteiger partial charge is 0.129 e. The lowest BCUT2D eigenvalue weighted by Crippen LogP contribution is -2.47. The van der Waals surface area contributed by atoms with Gasteiger partial charge in [0.1, 0.15) is 11.1 Å². The predicted molar refractivity (Wildman–Crippen MR) is 92.5 cm³/mol. The Morgan fingerprint density at radius 2 is 1.78 bits per heavy atom. The van der Waals surface area contributed by atoms with E-state index in [9.17, 15) is 0 Å². The fourth-order valence-corrected chi connectivity index (χ4v) is 5.59. The Morgan fingerprint density at radius 1 is 1.09 bits per heavy atom. The first-order chi connectivity index (χ1) is 11.0. The van der Waals surface area contributed by atoms with E-state index < -0.39 is 0 Å². The lowest BCUT2D eigenvalue weighted by molar-refractivity contribution is 0.170. The quantitative estimate of drug-likeness (QED) is 0.612. The highest BCUT2D eigenvalue weighted by molar-refractivity contribution is 5.76. The molecule has 1 aliphatic heterocycles.